The maximum atomic E-state index is 6.00. The average molecular weight is 262 g/mol. The second-order valence-electron chi connectivity index (χ2n) is 5.56. The molecule has 1 aromatic rings. The first-order valence-electron chi connectivity index (χ1n) is 7.41. The van der Waals surface area contributed by atoms with Crippen LogP contribution < -0.4 is 10.5 Å². The molecule has 1 aromatic carbocycles. The molecule has 0 spiro atoms. The second-order valence-corrected chi connectivity index (χ2v) is 5.56. The SMILES string of the molecule is CCCOc1cccc(C(CN)N2CCC(C)C2)c1. The van der Waals surface area contributed by atoms with Crippen molar-refractivity contribution in [3.8, 4) is 5.75 Å². The zero-order valence-corrected chi connectivity index (χ0v) is 12.1. The molecule has 3 heteroatoms. The van der Waals surface area contributed by atoms with E-state index in [1.807, 2.05) is 6.07 Å². The van der Waals surface area contributed by atoms with Crippen LogP contribution in [0.4, 0.5) is 0 Å². The second kappa shape index (κ2) is 6.92. The molecule has 0 amide bonds. The summed E-state index contributed by atoms with van der Waals surface area (Å²) in [7, 11) is 0. The molecule has 2 atom stereocenters. The minimum atomic E-state index is 0.329. The predicted molar refractivity (Wildman–Crippen MR) is 79.4 cm³/mol. The molecule has 1 saturated heterocycles. The Hall–Kier alpha value is -1.06. The summed E-state index contributed by atoms with van der Waals surface area (Å²) in [6.45, 7) is 8.19. The van der Waals surface area contributed by atoms with Gasteiger partial charge in [-0.25, -0.2) is 0 Å². The third-order valence-corrected chi connectivity index (χ3v) is 3.84. The summed E-state index contributed by atoms with van der Waals surface area (Å²) in [5.74, 6) is 1.75. The van der Waals surface area contributed by atoms with Crippen LogP contribution in [0.5, 0.6) is 5.75 Å². The van der Waals surface area contributed by atoms with E-state index in [-0.39, 0.29) is 0 Å². The Morgan fingerprint density at radius 2 is 2.32 bits per heavy atom. The van der Waals surface area contributed by atoms with Crippen molar-refractivity contribution in [3.63, 3.8) is 0 Å². The molecule has 0 radical (unpaired) electrons. The molecule has 2 rings (SSSR count). The Morgan fingerprint density at radius 1 is 1.47 bits per heavy atom. The molecule has 0 bridgehead atoms. The van der Waals surface area contributed by atoms with Crippen LogP contribution in [-0.4, -0.2) is 31.1 Å². The Labute approximate surface area is 116 Å². The summed E-state index contributed by atoms with van der Waals surface area (Å²) >= 11 is 0. The van der Waals surface area contributed by atoms with Crippen LogP contribution >= 0.6 is 0 Å². The van der Waals surface area contributed by atoms with Gasteiger partial charge in [0.25, 0.3) is 0 Å². The highest BCUT2D eigenvalue weighted by Crippen LogP contribution is 2.28. The van der Waals surface area contributed by atoms with E-state index < -0.39 is 0 Å². The third-order valence-electron chi connectivity index (χ3n) is 3.84. The standard InChI is InChI=1S/C16H26N2O/c1-3-9-19-15-6-4-5-14(10-15)16(11-17)18-8-7-13(2)12-18/h4-6,10,13,16H,3,7-9,11-12,17H2,1-2H3. The van der Waals surface area contributed by atoms with Crippen molar-refractivity contribution in [2.75, 3.05) is 26.2 Å². The van der Waals surface area contributed by atoms with Crippen LogP contribution in [-0.2, 0) is 0 Å². The molecular weight excluding hydrogens is 236 g/mol. The first-order chi connectivity index (χ1) is 9.24. The van der Waals surface area contributed by atoms with E-state index in [1.165, 1.54) is 12.0 Å². The van der Waals surface area contributed by atoms with Gasteiger partial charge in [-0.15, -0.1) is 0 Å². The molecule has 0 aromatic heterocycles. The van der Waals surface area contributed by atoms with Crippen LogP contribution in [0.2, 0.25) is 0 Å². The van der Waals surface area contributed by atoms with Crippen molar-refractivity contribution in [2.24, 2.45) is 11.7 Å². The topological polar surface area (TPSA) is 38.5 Å². The lowest BCUT2D eigenvalue weighted by Gasteiger charge is -2.27. The van der Waals surface area contributed by atoms with Gasteiger partial charge < -0.3 is 10.5 Å². The van der Waals surface area contributed by atoms with Gasteiger partial charge in [-0.1, -0.05) is 26.0 Å². The van der Waals surface area contributed by atoms with Crippen molar-refractivity contribution in [3.05, 3.63) is 29.8 Å². The molecule has 3 nitrogen and oxygen atoms in total. The van der Waals surface area contributed by atoms with E-state index in [4.69, 9.17) is 10.5 Å². The first-order valence-corrected chi connectivity index (χ1v) is 7.41. The van der Waals surface area contributed by atoms with Crippen molar-refractivity contribution >= 4 is 0 Å². The van der Waals surface area contributed by atoms with Gasteiger partial charge in [-0.3, -0.25) is 4.90 Å². The number of nitrogens with zero attached hydrogens (tertiary/aromatic N) is 1. The number of benzene rings is 1. The summed E-state index contributed by atoms with van der Waals surface area (Å²) in [6.07, 6.45) is 2.32. The van der Waals surface area contributed by atoms with Crippen LogP contribution in [0.15, 0.2) is 24.3 Å². The average Bonchev–Trinajstić information content (AvgIpc) is 2.84. The van der Waals surface area contributed by atoms with E-state index in [0.29, 0.717) is 12.6 Å². The van der Waals surface area contributed by atoms with Crippen LogP contribution in [0.25, 0.3) is 0 Å². The van der Waals surface area contributed by atoms with E-state index in [9.17, 15) is 0 Å². The summed E-state index contributed by atoms with van der Waals surface area (Å²) in [6, 6.07) is 8.74. The van der Waals surface area contributed by atoms with E-state index >= 15 is 0 Å². The van der Waals surface area contributed by atoms with Crippen molar-refractivity contribution in [2.45, 2.75) is 32.7 Å². The number of rotatable bonds is 6. The fourth-order valence-electron chi connectivity index (χ4n) is 2.78. The Balaban J connectivity index is 2.09. The van der Waals surface area contributed by atoms with Crippen LogP contribution in [0.3, 0.4) is 0 Å². The lowest BCUT2D eigenvalue weighted by molar-refractivity contribution is 0.242. The van der Waals surface area contributed by atoms with Crippen LogP contribution in [0, 0.1) is 5.92 Å². The monoisotopic (exact) mass is 262 g/mol. The Morgan fingerprint density at radius 3 is 2.95 bits per heavy atom. The maximum Gasteiger partial charge on any atom is 0.119 e. The largest absolute Gasteiger partial charge is 0.494 e. The Kier molecular flexibility index (Phi) is 5.23. The first kappa shape index (κ1) is 14.4. The predicted octanol–water partition coefficient (Wildman–Crippen LogP) is 2.82. The smallest absolute Gasteiger partial charge is 0.119 e. The highest BCUT2D eigenvalue weighted by atomic mass is 16.5. The number of hydrogen-bond donors (Lipinski definition) is 1. The van der Waals surface area contributed by atoms with E-state index in [1.54, 1.807) is 0 Å². The minimum absolute atomic E-state index is 0.329. The Bertz CT molecular complexity index is 394. The van der Waals surface area contributed by atoms with Gasteiger partial charge in [0.2, 0.25) is 0 Å². The van der Waals surface area contributed by atoms with Crippen molar-refractivity contribution in [1.82, 2.24) is 4.90 Å². The van der Waals surface area contributed by atoms with Gasteiger partial charge in [-0.2, -0.15) is 0 Å². The molecule has 106 valence electrons. The van der Waals surface area contributed by atoms with Gasteiger partial charge in [-0.05, 0) is 43.0 Å². The zero-order valence-electron chi connectivity index (χ0n) is 12.1. The number of hydrogen-bond acceptors (Lipinski definition) is 3. The number of likely N-dealkylation sites (tertiary alicyclic amines) is 1. The van der Waals surface area contributed by atoms with Crippen molar-refractivity contribution in [1.29, 1.82) is 0 Å². The van der Waals surface area contributed by atoms with Gasteiger partial charge in [0.1, 0.15) is 5.75 Å². The minimum Gasteiger partial charge on any atom is -0.494 e. The highest BCUT2D eigenvalue weighted by molar-refractivity contribution is 5.31. The third kappa shape index (κ3) is 3.71. The van der Waals surface area contributed by atoms with Gasteiger partial charge in [0.15, 0.2) is 0 Å². The van der Waals surface area contributed by atoms with Gasteiger partial charge in [0.05, 0.1) is 6.61 Å². The molecule has 1 fully saturated rings. The summed E-state index contributed by atoms with van der Waals surface area (Å²) in [5.41, 5.74) is 7.28. The fourth-order valence-corrected chi connectivity index (χ4v) is 2.78. The van der Waals surface area contributed by atoms with Gasteiger partial charge in [0, 0.05) is 19.1 Å². The molecule has 1 aliphatic heterocycles. The molecule has 2 unspecified atom stereocenters. The normalized spacial score (nSPS) is 21.5. The molecule has 2 N–H and O–H groups in total. The fraction of sp³-hybridized carbons (Fsp3) is 0.625. The molecule has 1 heterocycles. The summed E-state index contributed by atoms with van der Waals surface area (Å²) in [4.78, 5) is 2.50. The van der Waals surface area contributed by atoms with Crippen molar-refractivity contribution < 1.29 is 4.74 Å². The maximum absolute atomic E-state index is 6.00. The molecule has 0 aliphatic carbocycles. The lowest BCUT2D eigenvalue weighted by atomic mass is 10.1. The molecule has 19 heavy (non-hydrogen) atoms. The van der Waals surface area contributed by atoms with Gasteiger partial charge >= 0.3 is 0 Å². The number of nitrogens with two attached hydrogens (primary N) is 1. The summed E-state index contributed by atoms with van der Waals surface area (Å²) < 4.78 is 5.71. The highest BCUT2D eigenvalue weighted by Gasteiger charge is 2.26. The molecule has 0 saturated carbocycles. The van der Waals surface area contributed by atoms with E-state index in [2.05, 4.69) is 36.9 Å². The van der Waals surface area contributed by atoms with Crippen LogP contribution in [0.1, 0.15) is 38.3 Å². The quantitative estimate of drug-likeness (QED) is 0.856. The number of ether oxygens (including phenoxy) is 1. The summed E-state index contributed by atoms with van der Waals surface area (Å²) in [5, 5.41) is 0. The van der Waals surface area contributed by atoms with E-state index in [0.717, 1.165) is 37.8 Å². The lowest BCUT2D eigenvalue weighted by Crippen LogP contribution is -2.31. The molecular formula is C16H26N2O. The zero-order chi connectivity index (χ0) is 13.7. The molecule has 1 aliphatic rings.